The number of hydrogen-bond acceptors (Lipinski definition) is 1. The number of carbonyl (C=O) groups excluding carboxylic acids is 1. The van der Waals surface area contributed by atoms with Crippen molar-refractivity contribution in [3.63, 3.8) is 0 Å². The van der Waals surface area contributed by atoms with Crippen molar-refractivity contribution in [1.29, 1.82) is 0 Å². The summed E-state index contributed by atoms with van der Waals surface area (Å²) in [5.74, 6) is 0.313. The third-order valence-corrected chi connectivity index (χ3v) is 5.35. The number of allylic oxidation sites excluding steroid dienone is 2. The molecule has 0 aliphatic heterocycles. The van der Waals surface area contributed by atoms with Gasteiger partial charge in [-0.25, -0.2) is 0 Å². The summed E-state index contributed by atoms with van der Waals surface area (Å²) in [6, 6.07) is 10.3. The molecule has 0 saturated heterocycles. The average molecular weight is 357 g/mol. The van der Waals surface area contributed by atoms with Crippen LogP contribution in [-0.2, 0) is 7.05 Å². The molecule has 0 bridgehead atoms. The number of carbonyl (C=O) groups is 1. The Hall–Kier alpha value is -2.81. The zero-order valence-electron chi connectivity index (χ0n) is 16.6. The molecule has 4 rings (SSSR count). The number of fused-ring (bicyclic) bond motifs is 1. The number of amides is 1. The van der Waals surface area contributed by atoms with Crippen LogP contribution in [0.25, 0.3) is 16.5 Å². The summed E-state index contributed by atoms with van der Waals surface area (Å²) in [4.78, 5) is 13.0. The van der Waals surface area contributed by atoms with Gasteiger partial charge >= 0.3 is 0 Å². The molecule has 137 valence electrons. The second-order valence-corrected chi connectivity index (χ2v) is 7.81. The van der Waals surface area contributed by atoms with Gasteiger partial charge in [0.05, 0.1) is 0 Å². The summed E-state index contributed by atoms with van der Waals surface area (Å²) in [5.41, 5.74) is 8.70. The smallest absolute Gasteiger partial charge is 0.255 e. The molecular formula is C24H25N2O. The van der Waals surface area contributed by atoms with Crippen molar-refractivity contribution in [3.05, 3.63) is 76.8 Å². The van der Waals surface area contributed by atoms with E-state index in [0.717, 1.165) is 16.8 Å². The number of benzene rings is 2. The van der Waals surface area contributed by atoms with Crippen LogP contribution in [0.4, 0.5) is 5.69 Å². The van der Waals surface area contributed by atoms with Gasteiger partial charge in [-0.1, -0.05) is 26.0 Å². The fourth-order valence-corrected chi connectivity index (χ4v) is 3.78. The summed E-state index contributed by atoms with van der Waals surface area (Å²) in [6.07, 6.45) is 6.35. The van der Waals surface area contributed by atoms with E-state index in [1.54, 1.807) is 0 Å². The number of hydrogen-bond donors (Lipinski definition) is 1. The van der Waals surface area contributed by atoms with Crippen molar-refractivity contribution in [3.8, 4) is 0 Å². The van der Waals surface area contributed by atoms with Gasteiger partial charge in [0.1, 0.15) is 0 Å². The van der Waals surface area contributed by atoms with Crippen LogP contribution in [0.1, 0.15) is 52.4 Å². The van der Waals surface area contributed by atoms with Gasteiger partial charge in [0.25, 0.3) is 5.91 Å². The molecular weight excluding hydrogens is 332 g/mol. The first kappa shape index (κ1) is 17.6. The summed E-state index contributed by atoms with van der Waals surface area (Å²) in [6.45, 7) is 8.45. The minimum absolute atomic E-state index is 0.0531. The first-order valence-electron chi connectivity index (χ1n) is 9.42. The number of anilines is 1. The largest absolute Gasteiger partial charge is 0.350 e. The molecule has 1 radical (unpaired) electrons. The fraction of sp³-hybridized carbons (Fsp3) is 0.250. The maximum Gasteiger partial charge on any atom is 0.255 e. The molecule has 3 heteroatoms. The molecule has 1 N–H and O–H groups in total. The van der Waals surface area contributed by atoms with Gasteiger partial charge in [-0.05, 0) is 71.9 Å². The topological polar surface area (TPSA) is 34.0 Å². The second kappa shape index (κ2) is 6.41. The van der Waals surface area contributed by atoms with Crippen molar-refractivity contribution < 1.29 is 4.79 Å². The van der Waals surface area contributed by atoms with Crippen LogP contribution in [0, 0.1) is 20.3 Å². The summed E-state index contributed by atoms with van der Waals surface area (Å²) in [5, 5.41) is 4.26. The highest BCUT2D eigenvalue weighted by Gasteiger charge is 2.21. The highest BCUT2D eigenvalue weighted by Crippen LogP contribution is 2.37. The van der Waals surface area contributed by atoms with Crippen LogP contribution in [0.2, 0.25) is 0 Å². The summed E-state index contributed by atoms with van der Waals surface area (Å²) < 4.78 is 2.11. The van der Waals surface area contributed by atoms with Crippen LogP contribution >= 0.6 is 0 Å². The van der Waals surface area contributed by atoms with Crippen LogP contribution in [0.5, 0.6) is 0 Å². The van der Waals surface area contributed by atoms with Crippen LogP contribution in [0.3, 0.4) is 0 Å². The first-order chi connectivity index (χ1) is 12.8. The monoisotopic (exact) mass is 357 g/mol. The molecule has 1 amide bonds. The van der Waals surface area contributed by atoms with Gasteiger partial charge in [-0.3, -0.25) is 4.79 Å². The molecule has 1 aromatic heterocycles. The Morgan fingerprint density at radius 3 is 2.48 bits per heavy atom. The average Bonchev–Trinajstić information content (AvgIpc) is 3.41. The Bertz CT molecular complexity index is 1100. The number of rotatable bonds is 4. The van der Waals surface area contributed by atoms with Crippen LogP contribution in [0.15, 0.2) is 42.6 Å². The highest BCUT2D eigenvalue weighted by atomic mass is 16.1. The molecule has 1 aliphatic rings. The lowest BCUT2D eigenvalue weighted by Gasteiger charge is -2.16. The van der Waals surface area contributed by atoms with E-state index < -0.39 is 0 Å². The molecule has 0 unspecified atom stereocenters. The minimum atomic E-state index is -0.0531. The van der Waals surface area contributed by atoms with E-state index >= 15 is 0 Å². The maximum absolute atomic E-state index is 13.0. The van der Waals surface area contributed by atoms with E-state index in [4.69, 9.17) is 0 Å². The SMILES string of the molecule is Cc1cc(C2=C[CH]2)c(C(C)C)cc1C(=O)Nc1ccc2c(c1)c(C)cn2C. The van der Waals surface area contributed by atoms with Gasteiger partial charge < -0.3 is 9.88 Å². The van der Waals surface area contributed by atoms with Crippen LogP contribution < -0.4 is 5.32 Å². The van der Waals surface area contributed by atoms with E-state index in [-0.39, 0.29) is 5.91 Å². The molecule has 0 saturated carbocycles. The predicted molar refractivity (Wildman–Crippen MR) is 113 cm³/mol. The van der Waals surface area contributed by atoms with Gasteiger partial charge in [-0.15, -0.1) is 0 Å². The Morgan fingerprint density at radius 2 is 1.81 bits per heavy atom. The zero-order chi connectivity index (χ0) is 19.3. The molecule has 0 spiro atoms. The van der Waals surface area contributed by atoms with E-state index in [1.165, 1.54) is 33.2 Å². The van der Waals surface area contributed by atoms with Crippen molar-refractivity contribution in [2.24, 2.45) is 7.05 Å². The van der Waals surface area contributed by atoms with Gasteiger partial charge in [0, 0.05) is 41.8 Å². The van der Waals surface area contributed by atoms with Crippen molar-refractivity contribution in [1.82, 2.24) is 4.57 Å². The number of nitrogens with zero attached hydrogens (tertiary/aromatic N) is 1. The second-order valence-electron chi connectivity index (χ2n) is 7.81. The minimum Gasteiger partial charge on any atom is -0.350 e. The lowest BCUT2D eigenvalue weighted by atomic mass is 9.90. The molecule has 0 fully saturated rings. The predicted octanol–water partition coefficient (Wildman–Crippen LogP) is 5.77. The zero-order valence-corrected chi connectivity index (χ0v) is 16.6. The molecule has 2 aromatic carbocycles. The first-order valence-corrected chi connectivity index (χ1v) is 9.42. The summed E-state index contributed by atoms with van der Waals surface area (Å²) in [7, 11) is 2.04. The number of aromatic nitrogens is 1. The third kappa shape index (κ3) is 3.18. The van der Waals surface area contributed by atoms with Gasteiger partial charge in [0.2, 0.25) is 0 Å². The molecule has 0 atom stereocenters. The quantitative estimate of drug-likeness (QED) is 0.632. The Kier molecular flexibility index (Phi) is 4.18. The van der Waals surface area contributed by atoms with E-state index in [1.807, 2.05) is 20.0 Å². The lowest BCUT2D eigenvalue weighted by Crippen LogP contribution is -2.14. The van der Waals surface area contributed by atoms with Gasteiger partial charge in [0.15, 0.2) is 0 Å². The third-order valence-electron chi connectivity index (χ3n) is 5.35. The molecule has 3 nitrogen and oxygen atoms in total. The van der Waals surface area contributed by atoms with E-state index in [9.17, 15) is 4.79 Å². The molecule has 3 aromatic rings. The van der Waals surface area contributed by atoms with Crippen LogP contribution in [-0.4, -0.2) is 10.5 Å². The van der Waals surface area contributed by atoms with E-state index in [2.05, 4.69) is 73.6 Å². The Labute approximate surface area is 160 Å². The number of nitrogens with one attached hydrogen (secondary N) is 1. The van der Waals surface area contributed by atoms with Gasteiger partial charge in [-0.2, -0.15) is 0 Å². The maximum atomic E-state index is 13.0. The standard InChI is InChI=1S/C24H25N2O/c1-14(2)19-12-21(15(3)10-22(19)17-6-7-17)24(27)25-18-8-9-23-20(11-18)16(4)13-26(23)5/h6-14H,1-5H3,(H,25,27). The summed E-state index contributed by atoms with van der Waals surface area (Å²) >= 11 is 0. The molecule has 27 heavy (non-hydrogen) atoms. The highest BCUT2D eigenvalue weighted by molar-refractivity contribution is 6.07. The Balaban J connectivity index is 1.68. The van der Waals surface area contributed by atoms with E-state index in [0.29, 0.717) is 5.92 Å². The van der Waals surface area contributed by atoms with Crippen molar-refractivity contribution >= 4 is 28.1 Å². The fourth-order valence-electron chi connectivity index (χ4n) is 3.78. The Morgan fingerprint density at radius 1 is 1.07 bits per heavy atom. The normalized spacial score (nSPS) is 13.2. The molecule has 1 aliphatic carbocycles. The number of aryl methyl sites for hydroxylation is 3. The van der Waals surface area contributed by atoms with Crippen molar-refractivity contribution in [2.75, 3.05) is 5.32 Å². The molecule has 1 heterocycles. The lowest BCUT2D eigenvalue weighted by molar-refractivity contribution is 0.102. The van der Waals surface area contributed by atoms with Crippen molar-refractivity contribution in [2.45, 2.75) is 33.6 Å².